The molecular formula is C10H13N5O2S. The Hall–Kier alpha value is -2.06. The molecule has 0 aliphatic carbocycles. The van der Waals surface area contributed by atoms with Crippen LogP contribution in [0, 0.1) is 0 Å². The van der Waals surface area contributed by atoms with Gasteiger partial charge in [0.2, 0.25) is 0 Å². The molecule has 0 atom stereocenters. The minimum Gasteiger partial charge on any atom is -0.379 e. The van der Waals surface area contributed by atoms with Gasteiger partial charge < -0.3 is 5.32 Å². The van der Waals surface area contributed by atoms with E-state index in [4.69, 9.17) is 5.14 Å². The largest absolute Gasteiger partial charge is 0.379 e. The second kappa shape index (κ2) is 5.07. The molecule has 2 aromatic rings. The normalized spacial score (nSPS) is 11.2. The number of hydrogen-bond acceptors (Lipinski definition) is 4. The number of rotatable bonds is 5. The number of H-pyrrole nitrogens is 1. The Morgan fingerprint density at radius 2 is 2.06 bits per heavy atom. The van der Waals surface area contributed by atoms with Gasteiger partial charge in [-0.25, -0.2) is 5.14 Å². The van der Waals surface area contributed by atoms with E-state index < -0.39 is 10.2 Å². The highest BCUT2D eigenvalue weighted by Crippen LogP contribution is 2.16. The number of nitrogens with zero attached hydrogens (tertiary/aromatic N) is 1. The maximum Gasteiger partial charge on any atom is 0.296 e. The van der Waals surface area contributed by atoms with Crippen LogP contribution >= 0.6 is 0 Å². The van der Waals surface area contributed by atoms with Crippen LogP contribution in [0.25, 0.3) is 0 Å². The number of anilines is 2. The van der Waals surface area contributed by atoms with Crippen molar-refractivity contribution >= 4 is 21.6 Å². The zero-order valence-electron chi connectivity index (χ0n) is 9.42. The first-order chi connectivity index (χ1) is 8.53. The third-order valence-corrected chi connectivity index (χ3v) is 2.68. The second-order valence-electron chi connectivity index (χ2n) is 3.66. The Kier molecular flexibility index (Phi) is 3.49. The quantitative estimate of drug-likeness (QED) is 0.636. The Balaban J connectivity index is 2.03. The molecule has 0 bridgehead atoms. The van der Waals surface area contributed by atoms with Crippen molar-refractivity contribution in [2.24, 2.45) is 5.14 Å². The summed E-state index contributed by atoms with van der Waals surface area (Å²) in [7, 11) is -3.75. The first-order valence-electron chi connectivity index (χ1n) is 5.16. The molecule has 0 saturated carbocycles. The predicted molar refractivity (Wildman–Crippen MR) is 69.1 cm³/mol. The van der Waals surface area contributed by atoms with Crippen LogP contribution in [0.2, 0.25) is 0 Å². The summed E-state index contributed by atoms with van der Waals surface area (Å²) < 4.78 is 24.0. The van der Waals surface area contributed by atoms with Crippen LogP contribution in [0.15, 0.2) is 36.5 Å². The third-order valence-electron chi connectivity index (χ3n) is 2.16. The zero-order chi connectivity index (χ0) is 13.0. The van der Waals surface area contributed by atoms with Gasteiger partial charge in [0.05, 0.1) is 17.9 Å². The predicted octanol–water partition coefficient (Wildman–Crippen LogP) is 0.637. The smallest absolute Gasteiger partial charge is 0.296 e. The summed E-state index contributed by atoms with van der Waals surface area (Å²) in [5.41, 5.74) is 2.12. The lowest BCUT2D eigenvalue weighted by atomic mass is 10.3. The Morgan fingerprint density at radius 1 is 1.28 bits per heavy atom. The number of benzene rings is 1. The van der Waals surface area contributed by atoms with Gasteiger partial charge in [-0.1, -0.05) is 6.07 Å². The van der Waals surface area contributed by atoms with E-state index in [1.807, 2.05) is 12.1 Å². The van der Waals surface area contributed by atoms with Gasteiger partial charge in [0.15, 0.2) is 0 Å². The highest BCUT2D eigenvalue weighted by molar-refractivity contribution is 7.90. The SMILES string of the molecule is NS(=O)(=O)Nc1cccc(NCc2ccn[nH]2)c1. The molecule has 1 heterocycles. The highest BCUT2D eigenvalue weighted by atomic mass is 32.2. The van der Waals surface area contributed by atoms with Crippen LogP contribution in [-0.4, -0.2) is 18.6 Å². The molecule has 0 saturated heterocycles. The summed E-state index contributed by atoms with van der Waals surface area (Å²) in [4.78, 5) is 0. The van der Waals surface area contributed by atoms with Gasteiger partial charge in [-0.15, -0.1) is 0 Å². The highest BCUT2D eigenvalue weighted by Gasteiger charge is 2.02. The van der Waals surface area contributed by atoms with E-state index >= 15 is 0 Å². The minimum absolute atomic E-state index is 0.409. The lowest BCUT2D eigenvalue weighted by molar-refractivity contribution is 0.603. The molecule has 0 radical (unpaired) electrons. The molecule has 7 nitrogen and oxygen atoms in total. The zero-order valence-corrected chi connectivity index (χ0v) is 10.2. The van der Waals surface area contributed by atoms with E-state index in [2.05, 4.69) is 20.2 Å². The fourth-order valence-corrected chi connectivity index (χ4v) is 1.89. The summed E-state index contributed by atoms with van der Waals surface area (Å²) in [6.07, 6.45) is 1.66. The van der Waals surface area contributed by atoms with E-state index in [1.54, 1.807) is 24.4 Å². The fraction of sp³-hybridized carbons (Fsp3) is 0.100. The van der Waals surface area contributed by atoms with Crippen molar-refractivity contribution in [2.75, 3.05) is 10.0 Å². The van der Waals surface area contributed by atoms with Crippen LogP contribution in [-0.2, 0) is 16.8 Å². The van der Waals surface area contributed by atoms with Crippen LogP contribution in [0.4, 0.5) is 11.4 Å². The van der Waals surface area contributed by atoms with Gasteiger partial charge in [0, 0.05) is 11.9 Å². The van der Waals surface area contributed by atoms with Gasteiger partial charge in [-0.3, -0.25) is 9.82 Å². The maximum absolute atomic E-state index is 10.9. The second-order valence-corrected chi connectivity index (χ2v) is 4.96. The van der Waals surface area contributed by atoms with Crippen molar-refractivity contribution < 1.29 is 8.42 Å². The van der Waals surface area contributed by atoms with Gasteiger partial charge in [0.1, 0.15) is 0 Å². The van der Waals surface area contributed by atoms with Crippen molar-refractivity contribution in [3.8, 4) is 0 Å². The molecule has 0 aliphatic rings. The molecule has 8 heteroatoms. The number of nitrogens with two attached hydrogens (primary N) is 1. The molecule has 96 valence electrons. The standard InChI is InChI=1S/C10H13N5O2S/c11-18(16,17)15-9-3-1-2-8(6-9)12-7-10-4-5-13-14-10/h1-6,12,15H,7H2,(H,13,14)(H2,11,16,17). The van der Waals surface area contributed by atoms with E-state index in [0.29, 0.717) is 12.2 Å². The number of aromatic nitrogens is 2. The van der Waals surface area contributed by atoms with E-state index in [0.717, 1.165) is 11.4 Å². The Labute approximate surface area is 105 Å². The van der Waals surface area contributed by atoms with Crippen molar-refractivity contribution in [3.05, 3.63) is 42.2 Å². The maximum atomic E-state index is 10.9. The van der Waals surface area contributed by atoms with E-state index in [-0.39, 0.29) is 0 Å². The first-order valence-corrected chi connectivity index (χ1v) is 6.70. The summed E-state index contributed by atoms with van der Waals surface area (Å²) in [6.45, 7) is 0.568. The summed E-state index contributed by atoms with van der Waals surface area (Å²) in [6, 6.07) is 8.67. The molecule has 0 spiro atoms. The molecule has 1 aromatic carbocycles. The molecule has 0 fully saturated rings. The van der Waals surface area contributed by atoms with Gasteiger partial charge >= 0.3 is 0 Å². The van der Waals surface area contributed by atoms with Crippen molar-refractivity contribution in [2.45, 2.75) is 6.54 Å². The van der Waals surface area contributed by atoms with Crippen LogP contribution in [0.3, 0.4) is 0 Å². The van der Waals surface area contributed by atoms with Gasteiger partial charge in [-0.2, -0.15) is 13.5 Å². The van der Waals surface area contributed by atoms with Crippen molar-refractivity contribution in [1.29, 1.82) is 0 Å². The Bertz CT molecular complexity index is 609. The van der Waals surface area contributed by atoms with Gasteiger partial charge in [-0.05, 0) is 24.3 Å². The molecular weight excluding hydrogens is 254 g/mol. The topological polar surface area (TPSA) is 113 Å². The van der Waals surface area contributed by atoms with Crippen molar-refractivity contribution in [1.82, 2.24) is 10.2 Å². The molecule has 0 unspecified atom stereocenters. The summed E-state index contributed by atoms with van der Waals surface area (Å²) in [5, 5.41) is 14.7. The van der Waals surface area contributed by atoms with Crippen LogP contribution < -0.4 is 15.2 Å². The van der Waals surface area contributed by atoms with E-state index in [9.17, 15) is 8.42 Å². The molecule has 5 N–H and O–H groups in total. The molecule has 2 rings (SSSR count). The number of aromatic amines is 1. The fourth-order valence-electron chi connectivity index (χ4n) is 1.44. The number of hydrogen-bond donors (Lipinski definition) is 4. The molecule has 1 aromatic heterocycles. The lowest BCUT2D eigenvalue weighted by Gasteiger charge is -2.08. The lowest BCUT2D eigenvalue weighted by Crippen LogP contribution is -2.21. The average molecular weight is 267 g/mol. The molecule has 0 aliphatic heterocycles. The Morgan fingerprint density at radius 3 is 2.72 bits per heavy atom. The summed E-state index contributed by atoms with van der Waals surface area (Å²) in [5.74, 6) is 0. The first kappa shape index (κ1) is 12.4. The van der Waals surface area contributed by atoms with Crippen LogP contribution in [0.1, 0.15) is 5.69 Å². The minimum atomic E-state index is -3.75. The monoisotopic (exact) mass is 267 g/mol. The van der Waals surface area contributed by atoms with E-state index in [1.165, 1.54) is 0 Å². The average Bonchev–Trinajstić information content (AvgIpc) is 2.77. The van der Waals surface area contributed by atoms with Crippen molar-refractivity contribution in [3.63, 3.8) is 0 Å². The molecule has 0 amide bonds. The number of nitrogens with one attached hydrogen (secondary N) is 3. The molecule has 18 heavy (non-hydrogen) atoms. The van der Waals surface area contributed by atoms with Gasteiger partial charge in [0.25, 0.3) is 10.2 Å². The summed E-state index contributed by atoms with van der Waals surface area (Å²) >= 11 is 0. The van der Waals surface area contributed by atoms with Crippen LogP contribution in [0.5, 0.6) is 0 Å². The third kappa shape index (κ3) is 3.75.